The standard InChI is InChI=1S/C20H20FN3O2/c1-3-23(14-15-5-4-6-16(21)13-15)20(25)19-11-12-24(22-19)17-7-9-18(26-2)10-8-17/h4-13H,3,14H2,1-2H3. The van der Waals surface area contributed by atoms with E-state index < -0.39 is 0 Å². The zero-order valence-electron chi connectivity index (χ0n) is 14.7. The van der Waals surface area contributed by atoms with E-state index in [9.17, 15) is 9.18 Å². The second kappa shape index (κ2) is 7.82. The minimum absolute atomic E-state index is 0.191. The van der Waals surface area contributed by atoms with Crippen molar-refractivity contribution >= 4 is 5.91 Å². The topological polar surface area (TPSA) is 47.4 Å². The van der Waals surface area contributed by atoms with E-state index in [4.69, 9.17) is 4.74 Å². The number of carbonyl (C=O) groups excluding carboxylic acids is 1. The van der Waals surface area contributed by atoms with E-state index >= 15 is 0 Å². The van der Waals surface area contributed by atoms with Gasteiger partial charge in [-0.2, -0.15) is 5.10 Å². The van der Waals surface area contributed by atoms with Crippen LogP contribution in [-0.4, -0.2) is 34.2 Å². The highest BCUT2D eigenvalue weighted by molar-refractivity contribution is 5.92. The molecule has 0 bridgehead atoms. The Morgan fingerprint density at radius 2 is 1.96 bits per heavy atom. The van der Waals surface area contributed by atoms with Crippen molar-refractivity contribution < 1.29 is 13.9 Å². The number of carbonyl (C=O) groups is 1. The van der Waals surface area contributed by atoms with Gasteiger partial charge in [-0.05, 0) is 55.0 Å². The number of hydrogen-bond donors (Lipinski definition) is 0. The Morgan fingerprint density at radius 3 is 2.62 bits per heavy atom. The molecule has 5 nitrogen and oxygen atoms in total. The molecule has 0 spiro atoms. The molecule has 1 amide bonds. The van der Waals surface area contributed by atoms with Crippen LogP contribution in [0.3, 0.4) is 0 Å². The average molecular weight is 353 g/mol. The van der Waals surface area contributed by atoms with Gasteiger partial charge < -0.3 is 9.64 Å². The number of rotatable bonds is 6. The van der Waals surface area contributed by atoms with Crippen LogP contribution in [0.1, 0.15) is 23.0 Å². The van der Waals surface area contributed by atoms with E-state index in [0.717, 1.165) is 17.0 Å². The molecular weight excluding hydrogens is 333 g/mol. The molecular formula is C20H20FN3O2. The Labute approximate surface area is 151 Å². The second-order valence-corrected chi connectivity index (χ2v) is 5.79. The predicted molar refractivity (Wildman–Crippen MR) is 96.9 cm³/mol. The van der Waals surface area contributed by atoms with Crippen LogP contribution >= 0.6 is 0 Å². The van der Waals surface area contributed by atoms with E-state index in [1.165, 1.54) is 12.1 Å². The maximum absolute atomic E-state index is 13.4. The smallest absolute Gasteiger partial charge is 0.274 e. The lowest BCUT2D eigenvalue weighted by Gasteiger charge is -2.20. The lowest BCUT2D eigenvalue weighted by atomic mass is 10.2. The van der Waals surface area contributed by atoms with Crippen LogP contribution in [0.4, 0.5) is 4.39 Å². The minimum Gasteiger partial charge on any atom is -0.497 e. The first-order valence-electron chi connectivity index (χ1n) is 8.34. The Balaban J connectivity index is 1.76. The molecule has 1 heterocycles. The summed E-state index contributed by atoms with van der Waals surface area (Å²) in [5.41, 5.74) is 1.92. The Hall–Kier alpha value is -3.15. The third kappa shape index (κ3) is 3.91. The van der Waals surface area contributed by atoms with Crippen molar-refractivity contribution in [3.05, 3.63) is 77.9 Å². The van der Waals surface area contributed by atoms with Crippen molar-refractivity contribution in [3.8, 4) is 11.4 Å². The number of amides is 1. The third-order valence-electron chi connectivity index (χ3n) is 4.08. The van der Waals surface area contributed by atoms with Gasteiger partial charge in [0.15, 0.2) is 5.69 Å². The van der Waals surface area contributed by atoms with E-state index in [1.807, 2.05) is 31.2 Å². The minimum atomic E-state index is -0.310. The first-order valence-corrected chi connectivity index (χ1v) is 8.34. The molecule has 26 heavy (non-hydrogen) atoms. The molecule has 0 fully saturated rings. The lowest BCUT2D eigenvalue weighted by molar-refractivity contribution is 0.0746. The number of halogens is 1. The van der Waals surface area contributed by atoms with Gasteiger partial charge in [-0.3, -0.25) is 4.79 Å². The summed E-state index contributed by atoms with van der Waals surface area (Å²) in [4.78, 5) is 14.4. The highest BCUT2D eigenvalue weighted by atomic mass is 19.1. The van der Waals surface area contributed by atoms with Gasteiger partial charge in [0.1, 0.15) is 11.6 Å². The summed E-state index contributed by atoms with van der Waals surface area (Å²) in [5.74, 6) is 0.253. The van der Waals surface area contributed by atoms with Crippen LogP contribution in [0, 0.1) is 5.82 Å². The molecule has 0 aliphatic carbocycles. The number of methoxy groups -OCH3 is 1. The van der Waals surface area contributed by atoms with Crippen molar-refractivity contribution in [2.75, 3.05) is 13.7 Å². The predicted octanol–water partition coefficient (Wildman–Crippen LogP) is 3.68. The molecule has 0 unspecified atom stereocenters. The van der Waals surface area contributed by atoms with Crippen LogP contribution in [0.25, 0.3) is 5.69 Å². The fraction of sp³-hybridized carbons (Fsp3) is 0.200. The molecule has 0 N–H and O–H groups in total. The van der Waals surface area contributed by atoms with Gasteiger partial charge in [0, 0.05) is 19.3 Å². The molecule has 0 saturated carbocycles. The SMILES string of the molecule is CCN(Cc1cccc(F)c1)C(=O)c1ccn(-c2ccc(OC)cc2)n1. The highest BCUT2D eigenvalue weighted by Crippen LogP contribution is 2.16. The lowest BCUT2D eigenvalue weighted by Crippen LogP contribution is -2.30. The Morgan fingerprint density at radius 1 is 1.19 bits per heavy atom. The largest absolute Gasteiger partial charge is 0.497 e. The van der Waals surface area contributed by atoms with Gasteiger partial charge in [0.2, 0.25) is 0 Å². The van der Waals surface area contributed by atoms with E-state index in [0.29, 0.717) is 18.8 Å². The number of benzene rings is 2. The highest BCUT2D eigenvalue weighted by Gasteiger charge is 2.18. The molecule has 6 heteroatoms. The molecule has 0 aliphatic heterocycles. The van der Waals surface area contributed by atoms with E-state index in [2.05, 4.69) is 5.10 Å². The molecule has 3 rings (SSSR count). The molecule has 0 aliphatic rings. The maximum Gasteiger partial charge on any atom is 0.274 e. The third-order valence-corrected chi connectivity index (χ3v) is 4.08. The maximum atomic E-state index is 13.4. The summed E-state index contributed by atoms with van der Waals surface area (Å²) >= 11 is 0. The Kier molecular flexibility index (Phi) is 5.31. The van der Waals surface area contributed by atoms with Gasteiger partial charge in [-0.25, -0.2) is 9.07 Å². The summed E-state index contributed by atoms with van der Waals surface area (Å²) in [6.45, 7) is 2.73. The molecule has 1 aromatic heterocycles. The molecule has 0 radical (unpaired) electrons. The van der Waals surface area contributed by atoms with Crippen LogP contribution < -0.4 is 4.74 Å². The van der Waals surface area contributed by atoms with E-state index in [-0.39, 0.29) is 11.7 Å². The number of aromatic nitrogens is 2. The van der Waals surface area contributed by atoms with Gasteiger partial charge in [-0.1, -0.05) is 12.1 Å². The summed E-state index contributed by atoms with van der Waals surface area (Å²) in [5, 5.41) is 4.37. The zero-order valence-corrected chi connectivity index (χ0v) is 14.7. The van der Waals surface area contributed by atoms with Crippen molar-refractivity contribution in [1.82, 2.24) is 14.7 Å². The summed E-state index contributed by atoms with van der Waals surface area (Å²) in [6.07, 6.45) is 1.74. The Bertz CT molecular complexity index is 890. The normalized spacial score (nSPS) is 10.6. The number of nitrogens with zero attached hydrogens (tertiary/aromatic N) is 3. The van der Waals surface area contributed by atoms with Crippen LogP contribution in [-0.2, 0) is 6.54 Å². The second-order valence-electron chi connectivity index (χ2n) is 5.79. The summed E-state index contributed by atoms with van der Waals surface area (Å²) < 4.78 is 20.1. The van der Waals surface area contributed by atoms with Crippen LogP contribution in [0.2, 0.25) is 0 Å². The average Bonchev–Trinajstić information content (AvgIpc) is 3.16. The molecule has 2 aromatic carbocycles. The summed E-state index contributed by atoms with van der Waals surface area (Å²) in [7, 11) is 1.61. The first-order chi connectivity index (χ1) is 12.6. The number of hydrogen-bond acceptors (Lipinski definition) is 3. The number of ether oxygens (including phenoxy) is 1. The van der Waals surface area contributed by atoms with Crippen LogP contribution in [0.15, 0.2) is 60.8 Å². The van der Waals surface area contributed by atoms with Gasteiger partial charge in [0.05, 0.1) is 12.8 Å². The van der Waals surface area contributed by atoms with Gasteiger partial charge in [0.25, 0.3) is 5.91 Å². The van der Waals surface area contributed by atoms with Crippen molar-refractivity contribution in [2.45, 2.75) is 13.5 Å². The fourth-order valence-electron chi connectivity index (χ4n) is 2.66. The van der Waals surface area contributed by atoms with Crippen LogP contribution in [0.5, 0.6) is 5.75 Å². The molecule has 0 saturated heterocycles. The van der Waals surface area contributed by atoms with Crippen molar-refractivity contribution in [3.63, 3.8) is 0 Å². The molecule has 134 valence electrons. The molecule has 0 atom stereocenters. The van der Waals surface area contributed by atoms with E-state index in [1.54, 1.807) is 41.1 Å². The fourth-order valence-corrected chi connectivity index (χ4v) is 2.66. The summed E-state index contributed by atoms with van der Waals surface area (Å²) in [6, 6.07) is 15.3. The quantitative estimate of drug-likeness (QED) is 0.679. The zero-order chi connectivity index (χ0) is 18.5. The van der Waals surface area contributed by atoms with Crippen molar-refractivity contribution in [2.24, 2.45) is 0 Å². The van der Waals surface area contributed by atoms with Gasteiger partial charge in [-0.15, -0.1) is 0 Å². The monoisotopic (exact) mass is 353 g/mol. The van der Waals surface area contributed by atoms with Crippen molar-refractivity contribution in [1.29, 1.82) is 0 Å². The first kappa shape index (κ1) is 17.7. The van der Waals surface area contributed by atoms with Gasteiger partial charge >= 0.3 is 0 Å². The molecule has 3 aromatic rings.